The average Bonchev–Trinajstić information content (AvgIpc) is 1.98. The monoisotopic (exact) mass is 145 g/mol. The molecule has 0 heterocycles. The van der Waals surface area contributed by atoms with Gasteiger partial charge in [0, 0.05) is 13.7 Å². The lowest BCUT2D eigenvalue weighted by Gasteiger charge is -2.13. The summed E-state index contributed by atoms with van der Waals surface area (Å²) in [5.74, 6) is 0. The molecule has 0 fully saturated rings. The first-order valence-electron chi connectivity index (χ1n) is 4.02. The van der Waals surface area contributed by atoms with E-state index in [9.17, 15) is 0 Å². The quantitative estimate of drug-likeness (QED) is 0.610. The van der Waals surface area contributed by atoms with Crippen LogP contribution in [0.15, 0.2) is 0 Å². The number of rotatable bonds is 6. The second-order valence-electron chi connectivity index (χ2n) is 2.56. The van der Waals surface area contributed by atoms with E-state index >= 15 is 0 Å². The van der Waals surface area contributed by atoms with Gasteiger partial charge in [-0.05, 0) is 13.5 Å². The molecule has 1 atom stereocenters. The Hall–Kier alpha value is -0.0800. The summed E-state index contributed by atoms with van der Waals surface area (Å²) in [7, 11) is 3.73. The summed E-state index contributed by atoms with van der Waals surface area (Å²) in [5.41, 5.74) is 0. The molecular weight excluding hydrogens is 126 g/mol. The normalized spacial score (nSPS) is 13.5. The van der Waals surface area contributed by atoms with Crippen molar-refractivity contribution in [3.05, 3.63) is 0 Å². The number of methoxy groups -OCH3 is 1. The van der Waals surface area contributed by atoms with E-state index in [0.717, 1.165) is 6.54 Å². The zero-order chi connectivity index (χ0) is 7.82. The molecule has 62 valence electrons. The molecule has 0 aliphatic rings. The zero-order valence-corrected chi connectivity index (χ0v) is 7.31. The topological polar surface area (TPSA) is 21.3 Å². The van der Waals surface area contributed by atoms with Crippen molar-refractivity contribution in [2.24, 2.45) is 0 Å². The average molecular weight is 145 g/mol. The predicted octanol–water partition coefficient (Wildman–Crippen LogP) is 1.41. The number of ether oxygens (including phenoxy) is 1. The van der Waals surface area contributed by atoms with Crippen molar-refractivity contribution in [2.75, 3.05) is 20.7 Å². The van der Waals surface area contributed by atoms with Crippen LogP contribution in [0.1, 0.15) is 26.2 Å². The summed E-state index contributed by atoms with van der Waals surface area (Å²) in [6.45, 7) is 3.17. The Morgan fingerprint density at radius 3 is 2.60 bits per heavy atom. The molecule has 0 saturated carbocycles. The van der Waals surface area contributed by atoms with Gasteiger partial charge in [-0.1, -0.05) is 19.8 Å². The van der Waals surface area contributed by atoms with Crippen LogP contribution in [0.25, 0.3) is 0 Å². The van der Waals surface area contributed by atoms with Crippen molar-refractivity contribution in [3.8, 4) is 0 Å². The molecule has 2 nitrogen and oxygen atoms in total. The molecule has 0 spiro atoms. The summed E-state index contributed by atoms with van der Waals surface area (Å²) < 4.78 is 5.23. The fraction of sp³-hybridized carbons (Fsp3) is 1.00. The lowest BCUT2D eigenvalue weighted by atomic mass is 10.1. The van der Waals surface area contributed by atoms with Crippen molar-refractivity contribution >= 4 is 0 Å². The van der Waals surface area contributed by atoms with Crippen molar-refractivity contribution in [1.82, 2.24) is 5.32 Å². The molecule has 0 aromatic rings. The van der Waals surface area contributed by atoms with Gasteiger partial charge >= 0.3 is 0 Å². The highest BCUT2D eigenvalue weighted by Gasteiger charge is 2.03. The van der Waals surface area contributed by atoms with Crippen LogP contribution in [0.2, 0.25) is 0 Å². The Bertz CT molecular complexity index is 66.3. The van der Waals surface area contributed by atoms with Gasteiger partial charge in [-0.2, -0.15) is 0 Å². The first-order chi connectivity index (χ1) is 4.85. The highest BCUT2D eigenvalue weighted by molar-refractivity contribution is 4.58. The molecule has 0 saturated heterocycles. The van der Waals surface area contributed by atoms with Crippen molar-refractivity contribution in [3.63, 3.8) is 0 Å². The van der Waals surface area contributed by atoms with Gasteiger partial charge in [-0.15, -0.1) is 0 Å². The van der Waals surface area contributed by atoms with Gasteiger partial charge < -0.3 is 10.1 Å². The summed E-state index contributed by atoms with van der Waals surface area (Å²) in [6.07, 6.45) is 4.10. The van der Waals surface area contributed by atoms with E-state index in [4.69, 9.17) is 4.74 Å². The van der Waals surface area contributed by atoms with Crippen LogP contribution in [0.5, 0.6) is 0 Å². The van der Waals surface area contributed by atoms with Gasteiger partial charge in [0.05, 0.1) is 6.10 Å². The van der Waals surface area contributed by atoms with Crippen molar-refractivity contribution in [1.29, 1.82) is 0 Å². The van der Waals surface area contributed by atoms with Crippen LogP contribution in [0.4, 0.5) is 0 Å². The third kappa shape index (κ3) is 4.77. The molecule has 0 aliphatic carbocycles. The Morgan fingerprint density at radius 2 is 2.20 bits per heavy atom. The smallest absolute Gasteiger partial charge is 0.0695 e. The number of hydrogen-bond acceptors (Lipinski definition) is 2. The minimum atomic E-state index is 0.407. The molecule has 1 unspecified atom stereocenters. The standard InChI is InChI=1S/C8H19NO/c1-4-5-6-8(10-3)7-9-2/h8-9H,4-7H2,1-3H3. The third-order valence-corrected chi connectivity index (χ3v) is 1.64. The molecule has 10 heavy (non-hydrogen) atoms. The lowest BCUT2D eigenvalue weighted by Crippen LogP contribution is -2.25. The third-order valence-electron chi connectivity index (χ3n) is 1.64. The first-order valence-corrected chi connectivity index (χ1v) is 4.02. The highest BCUT2D eigenvalue weighted by atomic mass is 16.5. The van der Waals surface area contributed by atoms with Gasteiger partial charge in [-0.3, -0.25) is 0 Å². The maximum atomic E-state index is 5.23. The van der Waals surface area contributed by atoms with E-state index in [0.29, 0.717) is 6.10 Å². The molecule has 0 rings (SSSR count). The Labute approximate surface area is 64.0 Å². The highest BCUT2D eigenvalue weighted by Crippen LogP contribution is 2.01. The van der Waals surface area contributed by atoms with Crippen LogP contribution in [0, 0.1) is 0 Å². The van der Waals surface area contributed by atoms with E-state index in [1.54, 1.807) is 7.11 Å². The zero-order valence-electron chi connectivity index (χ0n) is 7.31. The van der Waals surface area contributed by atoms with Gasteiger partial charge in [-0.25, -0.2) is 0 Å². The van der Waals surface area contributed by atoms with Gasteiger partial charge in [0.2, 0.25) is 0 Å². The van der Waals surface area contributed by atoms with Crippen LogP contribution in [-0.2, 0) is 4.74 Å². The van der Waals surface area contributed by atoms with E-state index in [1.165, 1.54) is 19.3 Å². The SMILES string of the molecule is CCCCC(CNC)OC. The van der Waals surface area contributed by atoms with E-state index in [1.807, 2.05) is 7.05 Å². The molecule has 0 aromatic carbocycles. The van der Waals surface area contributed by atoms with Gasteiger partial charge in [0.25, 0.3) is 0 Å². The number of hydrogen-bond donors (Lipinski definition) is 1. The Kier molecular flexibility index (Phi) is 6.98. The van der Waals surface area contributed by atoms with Crippen LogP contribution < -0.4 is 5.32 Å². The van der Waals surface area contributed by atoms with Crippen molar-refractivity contribution in [2.45, 2.75) is 32.3 Å². The summed E-state index contributed by atoms with van der Waals surface area (Å²) in [5, 5.41) is 3.10. The lowest BCUT2D eigenvalue weighted by molar-refractivity contribution is 0.0943. The Balaban J connectivity index is 3.21. The van der Waals surface area contributed by atoms with E-state index in [2.05, 4.69) is 12.2 Å². The van der Waals surface area contributed by atoms with Crippen LogP contribution in [0.3, 0.4) is 0 Å². The minimum Gasteiger partial charge on any atom is -0.380 e. The fourth-order valence-corrected chi connectivity index (χ4v) is 0.963. The summed E-state index contributed by atoms with van der Waals surface area (Å²) in [4.78, 5) is 0. The molecule has 0 aliphatic heterocycles. The molecular formula is C8H19NO. The minimum absolute atomic E-state index is 0.407. The molecule has 2 heteroatoms. The largest absolute Gasteiger partial charge is 0.380 e. The van der Waals surface area contributed by atoms with Gasteiger partial charge in [0.15, 0.2) is 0 Å². The number of nitrogens with one attached hydrogen (secondary N) is 1. The summed E-state index contributed by atoms with van der Waals surface area (Å²) >= 11 is 0. The van der Waals surface area contributed by atoms with Gasteiger partial charge in [0.1, 0.15) is 0 Å². The molecule has 0 aromatic heterocycles. The fourth-order valence-electron chi connectivity index (χ4n) is 0.963. The molecule has 0 amide bonds. The van der Waals surface area contributed by atoms with E-state index < -0.39 is 0 Å². The van der Waals surface area contributed by atoms with Crippen molar-refractivity contribution < 1.29 is 4.74 Å². The molecule has 0 radical (unpaired) electrons. The maximum Gasteiger partial charge on any atom is 0.0695 e. The summed E-state index contributed by atoms with van der Waals surface area (Å²) in [6, 6.07) is 0. The van der Waals surface area contributed by atoms with Crippen LogP contribution >= 0.6 is 0 Å². The van der Waals surface area contributed by atoms with E-state index in [-0.39, 0.29) is 0 Å². The predicted molar refractivity (Wildman–Crippen MR) is 44.2 cm³/mol. The maximum absolute atomic E-state index is 5.23. The number of unbranched alkanes of at least 4 members (excludes halogenated alkanes) is 1. The number of likely N-dealkylation sites (N-methyl/N-ethyl adjacent to an activating group) is 1. The molecule has 0 bridgehead atoms. The second-order valence-corrected chi connectivity index (χ2v) is 2.56. The first kappa shape index (κ1) is 9.92. The molecule has 1 N–H and O–H groups in total. The second kappa shape index (κ2) is 7.03. The Morgan fingerprint density at radius 1 is 1.50 bits per heavy atom. The van der Waals surface area contributed by atoms with Crippen LogP contribution in [-0.4, -0.2) is 26.8 Å².